The molecule has 2 atom stereocenters. The number of benzene rings is 1. The Morgan fingerprint density at radius 2 is 2.00 bits per heavy atom. The van der Waals surface area contributed by atoms with E-state index in [2.05, 4.69) is 41.3 Å². The van der Waals surface area contributed by atoms with Crippen molar-refractivity contribution in [3.63, 3.8) is 0 Å². The maximum Gasteiger partial charge on any atom is 0.117 e. The van der Waals surface area contributed by atoms with E-state index in [0.29, 0.717) is 13.2 Å². The zero-order valence-electron chi connectivity index (χ0n) is 15.3. The Bertz CT molecular complexity index is 823. The molecule has 2 heterocycles. The second kappa shape index (κ2) is 9.46. The molecule has 26 heavy (non-hydrogen) atoms. The van der Waals surface area contributed by atoms with Gasteiger partial charge in [0.15, 0.2) is 0 Å². The van der Waals surface area contributed by atoms with Crippen molar-refractivity contribution < 1.29 is 9.47 Å². The lowest BCUT2D eigenvalue weighted by molar-refractivity contribution is -0.0557. The number of fused-ring (bicyclic) bond motifs is 1. The summed E-state index contributed by atoms with van der Waals surface area (Å²) in [5.41, 5.74) is 2.18. The number of rotatable bonds is 9. The fraction of sp³-hybridized carbons (Fsp3) is 0.400. The first-order valence-corrected chi connectivity index (χ1v) is 10.9. The predicted octanol–water partition coefficient (Wildman–Crippen LogP) is 5.49. The van der Waals surface area contributed by atoms with Crippen molar-refractivity contribution in [2.45, 2.75) is 44.1 Å². The van der Waals surface area contributed by atoms with Crippen molar-refractivity contribution in [2.24, 2.45) is 0 Å². The lowest BCUT2D eigenvalue weighted by Crippen LogP contribution is -2.20. The number of hydrogen-bond donors (Lipinski definition) is 0. The van der Waals surface area contributed by atoms with Gasteiger partial charge in [0.05, 0.1) is 35.8 Å². The van der Waals surface area contributed by atoms with Gasteiger partial charge < -0.3 is 9.47 Å². The van der Waals surface area contributed by atoms with Gasteiger partial charge in [0.1, 0.15) is 11.4 Å². The van der Waals surface area contributed by atoms with E-state index in [4.69, 9.17) is 9.47 Å². The second-order valence-corrected chi connectivity index (χ2v) is 7.76. The van der Waals surface area contributed by atoms with Crippen molar-refractivity contribution in [1.29, 1.82) is 0 Å². The van der Waals surface area contributed by atoms with Crippen LogP contribution < -0.4 is 0 Å². The Labute approximate surface area is 163 Å². The predicted molar refractivity (Wildman–Crippen MR) is 109 cm³/mol. The summed E-state index contributed by atoms with van der Waals surface area (Å²) in [6.45, 7) is 5.42. The minimum Gasteiger partial charge on any atom is -0.374 e. The molecule has 0 N–H and O–H groups in total. The lowest BCUT2D eigenvalue weighted by Gasteiger charge is -2.21. The topological polar surface area (TPSA) is 44.2 Å². The van der Waals surface area contributed by atoms with Gasteiger partial charge in [0, 0.05) is 10.8 Å². The number of thiophene rings is 1. The third kappa shape index (κ3) is 4.62. The van der Waals surface area contributed by atoms with Crippen LogP contribution in [0.4, 0.5) is 0 Å². The average molecular weight is 389 g/mol. The normalized spacial score (nSPS) is 13.8. The van der Waals surface area contributed by atoms with Gasteiger partial charge >= 0.3 is 0 Å². The molecule has 4 nitrogen and oxygen atoms in total. The van der Waals surface area contributed by atoms with E-state index in [-0.39, 0.29) is 12.2 Å². The molecule has 0 aliphatic carbocycles. The molecule has 2 aromatic heterocycles. The van der Waals surface area contributed by atoms with E-state index >= 15 is 0 Å². The molecule has 3 aromatic rings. The summed E-state index contributed by atoms with van der Waals surface area (Å²) < 4.78 is 12.1. The van der Waals surface area contributed by atoms with Crippen LogP contribution in [0.25, 0.3) is 10.9 Å². The van der Waals surface area contributed by atoms with E-state index in [0.717, 1.165) is 27.2 Å². The summed E-state index contributed by atoms with van der Waals surface area (Å²) in [4.78, 5) is 9.97. The van der Waals surface area contributed by atoms with Crippen molar-refractivity contribution in [1.82, 2.24) is 9.97 Å². The quantitative estimate of drug-likeness (QED) is 0.358. The molecule has 1 unspecified atom stereocenters. The highest BCUT2D eigenvalue weighted by Gasteiger charge is 2.19. The highest BCUT2D eigenvalue weighted by Crippen LogP contribution is 2.35. The fourth-order valence-electron chi connectivity index (χ4n) is 2.80. The van der Waals surface area contributed by atoms with Crippen LogP contribution in [0, 0.1) is 0 Å². The molecule has 0 bridgehead atoms. The molecular weight excluding hydrogens is 364 g/mol. The Morgan fingerprint density at radius 3 is 2.73 bits per heavy atom. The van der Waals surface area contributed by atoms with Crippen LogP contribution in [-0.4, -0.2) is 28.9 Å². The molecule has 0 amide bonds. The largest absolute Gasteiger partial charge is 0.374 e. The first-order chi connectivity index (χ1) is 12.7. The number of aromatic nitrogens is 2. The number of ether oxygens (including phenoxy) is 2. The van der Waals surface area contributed by atoms with E-state index in [1.54, 1.807) is 29.4 Å². The smallest absolute Gasteiger partial charge is 0.117 e. The molecule has 0 saturated heterocycles. The van der Waals surface area contributed by atoms with Gasteiger partial charge in [0.2, 0.25) is 0 Å². The summed E-state index contributed by atoms with van der Waals surface area (Å²) in [5, 5.41) is 4.26. The van der Waals surface area contributed by atoms with Crippen molar-refractivity contribution in [3.8, 4) is 0 Å². The van der Waals surface area contributed by atoms with Gasteiger partial charge in [-0.05, 0) is 25.2 Å². The summed E-state index contributed by atoms with van der Waals surface area (Å²) in [6, 6.07) is 10.2. The van der Waals surface area contributed by atoms with Gasteiger partial charge in [-0.2, -0.15) is 0 Å². The Balaban J connectivity index is 1.61. The van der Waals surface area contributed by atoms with Gasteiger partial charge in [-0.3, -0.25) is 0 Å². The van der Waals surface area contributed by atoms with Crippen LogP contribution in [0.3, 0.4) is 0 Å². The van der Waals surface area contributed by atoms with Gasteiger partial charge in [0.25, 0.3) is 0 Å². The SMILES string of the molecule is CCC(COCc1ccccc1)O[C@H](C)c1scc2c(SC)ncnc12. The van der Waals surface area contributed by atoms with Crippen molar-refractivity contribution in [2.75, 3.05) is 12.9 Å². The van der Waals surface area contributed by atoms with E-state index in [1.165, 1.54) is 5.56 Å². The third-order valence-electron chi connectivity index (χ3n) is 4.21. The summed E-state index contributed by atoms with van der Waals surface area (Å²) in [6.07, 6.45) is 4.63. The summed E-state index contributed by atoms with van der Waals surface area (Å²) in [7, 11) is 0. The first kappa shape index (κ1) is 19.3. The maximum absolute atomic E-state index is 6.28. The first-order valence-electron chi connectivity index (χ1n) is 8.76. The molecule has 0 aliphatic heterocycles. The van der Waals surface area contributed by atoms with Crippen LogP contribution in [0.1, 0.15) is 36.8 Å². The zero-order valence-corrected chi connectivity index (χ0v) is 17.0. The molecular formula is C20H24N2O2S2. The molecule has 3 rings (SSSR count). The molecule has 138 valence electrons. The lowest BCUT2D eigenvalue weighted by atomic mass is 10.2. The van der Waals surface area contributed by atoms with Gasteiger partial charge in [-0.15, -0.1) is 23.1 Å². The highest BCUT2D eigenvalue weighted by molar-refractivity contribution is 7.98. The second-order valence-electron chi connectivity index (χ2n) is 6.05. The van der Waals surface area contributed by atoms with E-state index in [1.807, 2.05) is 24.5 Å². The van der Waals surface area contributed by atoms with E-state index in [9.17, 15) is 0 Å². The minimum atomic E-state index is -0.0209. The van der Waals surface area contributed by atoms with Crippen molar-refractivity contribution in [3.05, 3.63) is 52.5 Å². The van der Waals surface area contributed by atoms with Crippen LogP contribution in [-0.2, 0) is 16.1 Å². The molecule has 0 saturated carbocycles. The molecule has 0 spiro atoms. The number of thioether (sulfide) groups is 1. The Kier molecular flexibility index (Phi) is 7.02. The molecule has 1 aromatic carbocycles. The minimum absolute atomic E-state index is 0.0209. The number of hydrogen-bond acceptors (Lipinski definition) is 6. The van der Waals surface area contributed by atoms with Crippen LogP contribution in [0.15, 0.2) is 47.1 Å². The van der Waals surface area contributed by atoms with Crippen LogP contribution >= 0.6 is 23.1 Å². The van der Waals surface area contributed by atoms with E-state index < -0.39 is 0 Å². The molecule has 0 radical (unpaired) electrons. The fourth-order valence-corrected chi connectivity index (χ4v) is 4.39. The third-order valence-corrected chi connectivity index (χ3v) is 6.06. The molecule has 0 fully saturated rings. The monoisotopic (exact) mass is 388 g/mol. The standard InChI is InChI=1S/C20H24N2O2S2/c1-4-16(11-23-10-15-8-6-5-7-9-15)24-14(2)19-18-17(12-26-19)20(25-3)22-13-21-18/h5-9,12-14,16H,4,10-11H2,1-3H3/t14-,16?/m1/s1. The highest BCUT2D eigenvalue weighted by atomic mass is 32.2. The molecule has 6 heteroatoms. The average Bonchev–Trinajstić information content (AvgIpc) is 3.12. The van der Waals surface area contributed by atoms with Crippen LogP contribution in [0.2, 0.25) is 0 Å². The maximum atomic E-state index is 6.28. The van der Waals surface area contributed by atoms with Gasteiger partial charge in [-0.1, -0.05) is 37.3 Å². The number of nitrogens with zero attached hydrogens (tertiary/aromatic N) is 2. The summed E-state index contributed by atoms with van der Waals surface area (Å²) in [5.74, 6) is 0. The summed E-state index contributed by atoms with van der Waals surface area (Å²) >= 11 is 3.34. The zero-order chi connectivity index (χ0) is 18.4. The van der Waals surface area contributed by atoms with Gasteiger partial charge in [-0.25, -0.2) is 9.97 Å². The van der Waals surface area contributed by atoms with Crippen LogP contribution in [0.5, 0.6) is 0 Å². The molecule has 0 aliphatic rings. The Hall–Kier alpha value is -1.47. The Morgan fingerprint density at radius 1 is 1.19 bits per heavy atom. The van der Waals surface area contributed by atoms with Crippen molar-refractivity contribution >= 4 is 34.0 Å².